The van der Waals surface area contributed by atoms with Crippen molar-refractivity contribution in [2.45, 2.75) is 76.3 Å². The Labute approximate surface area is 113 Å². The Bertz CT molecular complexity index is 262. The summed E-state index contributed by atoms with van der Waals surface area (Å²) in [6.07, 6.45) is 13.1. The first-order valence-electron chi connectivity index (χ1n) is 8.29. The van der Waals surface area contributed by atoms with E-state index in [2.05, 4.69) is 17.1 Å². The molecule has 2 unspecified atom stereocenters. The van der Waals surface area contributed by atoms with E-state index in [0.29, 0.717) is 5.54 Å². The summed E-state index contributed by atoms with van der Waals surface area (Å²) in [5.74, 6) is 0.927. The highest BCUT2D eigenvalue weighted by molar-refractivity contribution is 5.01. The second kappa shape index (κ2) is 5.50. The molecule has 1 heterocycles. The largest absolute Gasteiger partial charge is 0.314 e. The maximum absolute atomic E-state index is 3.69. The Balaban J connectivity index is 1.77. The standard InChI is InChI=1S/C16H30N2/c1-14-7-3-4-8-15(14)18-12-11-17-13-16(18)9-5-2-6-10-16/h14-15,17H,2-13H2,1H3. The van der Waals surface area contributed by atoms with Crippen molar-refractivity contribution in [3.63, 3.8) is 0 Å². The molecule has 3 rings (SSSR count). The molecule has 2 saturated carbocycles. The molecule has 2 atom stereocenters. The monoisotopic (exact) mass is 250 g/mol. The quantitative estimate of drug-likeness (QED) is 0.769. The lowest BCUT2D eigenvalue weighted by Gasteiger charge is -2.55. The number of hydrogen-bond donors (Lipinski definition) is 1. The minimum absolute atomic E-state index is 0.534. The molecule has 0 bridgehead atoms. The van der Waals surface area contributed by atoms with Crippen molar-refractivity contribution in [2.24, 2.45) is 5.92 Å². The average Bonchev–Trinajstić information content (AvgIpc) is 2.41. The highest BCUT2D eigenvalue weighted by Crippen LogP contribution is 2.40. The molecular weight excluding hydrogens is 220 g/mol. The van der Waals surface area contributed by atoms with Gasteiger partial charge in [0.15, 0.2) is 0 Å². The van der Waals surface area contributed by atoms with Crippen LogP contribution in [0.2, 0.25) is 0 Å². The minimum Gasteiger partial charge on any atom is -0.314 e. The van der Waals surface area contributed by atoms with Crippen LogP contribution in [0.15, 0.2) is 0 Å². The summed E-state index contributed by atoms with van der Waals surface area (Å²) in [5, 5.41) is 3.69. The van der Waals surface area contributed by atoms with Gasteiger partial charge in [-0.2, -0.15) is 0 Å². The lowest BCUT2D eigenvalue weighted by molar-refractivity contribution is -0.0355. The zero-order valence-corrected chi connectivity index (χ0v) is 12.1. The van der Waals surface area contributed by atoms with E-state index in [0.717, 1.165) is 12.0 Å². The van der Waals surface area contributed by atoms with Gasteiger partial charge in [-0.1, -0.05) is 39.0 Å². The fraction of sp³-hybridized carbons (Fsp3) is 1.00. The molecule has 3 aliphatic rings. The molecular formula is C16H30N2. The lowest BCUT2D eigenvalue weighted by atomic mass is 9.75. The Hall–Kier alpha value is -0.0800. The Morgan fingerprint density at radius 3 is 2.56 bits per heavy atom. The van der Waals surface area contributed by atoms with E-state index in [-0.39, 0.29) is 0 Å². The summed E-state index contributed by atoms with van der Waals surface area (Å²) in [4.78, 5) is 2.96. The smallest absolute Gasteiger partial charge is 0.0337 e. The molecule has 18 heavy (non-hydrogen) atoms. The summed E-state index contributed by atoms with van der Waals surface area (Å²) >= 11 is 0. The minimum atomic E-state index is 0.534. The third kappa shape index (κ3) is 2.34. The van der Waals surface area contributed by atoms with Crippen molar-refractivity contribution in [1.29, 1.82) is 0 Å². The van der Waals surface area contributed by atoms with Crippen LogP contribution in [-0.2, 0) is 0 Å². The molecule has 2 nitrogen and oxygen atoms in total. The van der Waals surface area contributed by atoms with E-state index in [1.54, 1.807) is 0 Å². The normalized spacial score (nSPS) is 37.8. The molecule has 104 valence electrons. The second-order valence-corrected chi connectivity index (χ2v) is 6.98. The molecule has 0 radical (unpaired) electrons. The maximum Gasteiger partial charge on any atom is 0.0337 e. The van der Waals surface area contributed by atoms with Crippen molar-refractivity contribution in [1.82, 2.24) is 10.2 Å². The van der Waals surface area contributed by atoms with Crippen LogP contribution in [0.4, 0.5) is 0 Å². The maximum atomic E-state index is 3.69. The van der Waals surface area contributed by atoms with E-state index in [9.17, 15) is 0 Å². The Morgan fingerprint density at radius 1 is 1.00 bits per heavy atom. The van der Waals surface area contributed by atoms with Crippen molar-refractivity contribution >= 4 is 0 Å². The molecule has 0 aromatic carbocycles. The summed E-state index contributed by atoms with van der Waals surface area (Å²) in [5.41, 5.74) is 0.534. The van der Waals surface area contributed by atoms with Crippen LogP contribution < -0.4 is 5.32 Å². The van der Waals surface area contributed by atoms with Gasteiger partial charge < -0.3 is 5.32 Å². The second-order valence-electron chi connectivity index (χ2n) is 6.98. The molecule has 2 aliphatic carbocycles. The van der Waals surface area contributed by atoms with E-state index in [4.69, 9.17) is 0 Å². The summed E-state index contributed by atoms with van der Waals surface area (Å²) < 4.78 is 0. The van der Waals surface area contributed by atoms with Gasteiger partial charge in [0.2, 0.25) is 0 Å². The fourth-order valence-corrected chi connectivity index (χ4v) is 4.81. The highest BCUT2D eigenvalue weighted by Gasteiger charge is 2.44. The molecule has 2 heteroatoms. The summed E-state index contributed by atoms with van der Waals surface area (Å²) in [7, 11) is 0. The summed E-state index contributed by atoms with van der Waals surface area (Å²) in [6, 6.07) is 0.888. The topological polar surface area (TPSA) is 15.3 Å². The summed E-state index contributed by atoms with van der Waals surface area (Å²) in [6.45, 7) is 6.28. The SMILES string of the molecule is CC1CCCCC1N1CCNCC12CCCCC2. The van der Waals surface area contributed by atoms with Gasteiger partial charge in [0, 0.05) is 31.2 Å². The van der Waals surface area contributed by atoms with E-state index < -0.39 is 0 Å². The van der Waals surface area contributed by atoms with Gasteiger partial charge in [-0.3, -0.25) is 4.90 Å². The first-order chi connectivity index (χ1) is 8.82. The Morgan fingerprint density at radius 2 is 1.78 bits per heavy atom. The molecule has 1 aliphatic heterocycles. The van der Waals surface area contributed by atoms with E-state index >= 15 is 0 Å². The van der Waals surface area contributed by atoms with Crippen molar-refractivity contribution in [3.05, 3.63) is 0 Å². The molecule has 1 saturated heterocycles. The molecule has 3 fully saturated rings. The van der Waals surface area contributed by atoms with Crippen molar-refractivity contribution in [3.8, 4) is 0 Å². The predicted molar refractivity (Wildman–Crippen MR) is 76.8 cm³/mol. The van der Waals surface area contributed by atoms with Crippen molar-refractivity contribution < 1.29 is 0 Å². The number of rotatable bonds is 1. The third-order valence-electron chi connectivity index (χ3n) is 5.84. The zero-order chi connectivity index (χ0) is 12.4. The number of piperazine rings is 1. The van der Waals surface area contributed by atoms with Crippen LogP contribution in [0.3, 0.4) is 0 Å². The predicted octanol–water partition coefficient (Wildman–Crippen LogP) is 3.17. The van der Waals surface area contributed by atoms with Crippen LogP contribution >= 0.6 is 0 Å². The van der Waals surface area contributed by atoms with E-state index in [1.165, 1.54) is 77.4 Å². The molecule has 1 spiro atoms. The highest BCUT2D eigenvalue weighted by atomic mass is 15.3. The lowest BCUT2D eigenvalue weighted by Crippen LogP contribution is -2.66. The molecule has 0 aromatic heterocycles. The number of nitrogens with one attached hydrogen (secondary N) is 1. The van der Waals surface area contributed by atoms with Gasteiger partial charge in [-0.05, 0) is 31.6 Å². The van der Waals surface area contributed by atoms with Crippen LogP contribution in [0, 0.1) is 5.92 Å². The average molecular weight is 250 g/mol. The first-order valence-corrected chi connectivity index (χ1v) is 8.29. The van der Waals surface area contributed by atoms with Crippen LogP contribution in [-0.4, -0.2) is 36.1 Å². The molecule has 1 N–H and O–H groups in total. The molecule has 0 aromatic rings. The van der Waals surface area contributed by atoms with Gasteiger partial charge in [0.05, 0.1) is 0 Å². The first kappa shape index (κ1) is 12.9. The molecule has 0 amide bonds. The zero-order valence-electron chi connectivity index (χ0n) is 12.1. The van der Waals surface area contributed by atoms with Gasteiger partial charge in [-0.15, -0.1) is 0 Å². The van der Waals surface area contributed by atoms with E-state index in [1.807, 2.05) is 0 Å². The fourth-order valence-electron chi connectivity index (χ4n) is 4.81. The van der Waals surface area contributed by atoms with Crippen LogP contribution in [0.1, 0.15) is 64.7 Å². The van der Waals surface area contributed by atoms with Crippen LogP contribution in [0.25, 0.3) is 0 Å². The van der Waals surface area contributed by atoms with Gasteiger partial charge >= 0.3 is 0 Å². The van der Waals surface area contributed by atoms with Gasteiger partial charge in [0.1, 0.15) is 0 Å². The van der Waals surface area contributed by atoms with Crippen LogP contribution in [0.5, 0.6) is 0 Å². The van der Waals surface area contributed by atoms with Crippen molar-refractivity contribution in [2.75, 3.05) is 19.6 Å². The van der Waals surface area contributed by atoms with Gasteiger partial charge in [0.25, 0.3) is 0 Å². The third-order valence-corrected chi connectivity index (χ3v) is 5.84. The Kier molecular flexibility index (Phi) is 3.95. The van der Waals surface area contributed by atoms with Gasteiger partial charge in [-0.25, -0.2) is 0 Å². The number of hydrogen-bond acceptors (Lipinski definition) is 2. The number of nitrogens with zero attached hydrogens (tertiary/aromatic N) is 1.